The minimum Gasteiger partial charge on any atom is -0.392 e. The Morgan fingerprint density at radius 1 is 1.43 bits per heavy atom. The van der Waals surface area contributed by atoms with E-state index in [-0.39, 0.29) is 6.61 Å². The Morgan fingerprint density at radius 3 is 2.71 bits per heavy atom. The third-order valence-corrected chi connectivity index (χ3v) is 2.83. The molecule has 0 unspecified atom stereocenters. The number of aliphatic hydroxyl groups excluding tert-OH is 1. The van der Waals surface area contributed by atoms with Gasteiger partial charge >= 0.3 is 0 Å². The molecule has 0 bridgehead atoms. The van der Waals surface area contributed by atoms with E-state index >= 15 is 0 Å². The van der Waals surface area contributed by atoms with Gasteiger partial charge in [-0.05, 0) is 23.6 Å². The SMILES string of the molecule is CCC(=Cc1cccc(Cl)c1Cl)CO. The highest BCUT2D eigenvalue weighted by Crippen LogP contribution is 2.27. The normalized spacial score (nSPS) is 11.9. The van der Waals surface area contributed by atoms with Crippen LogP contribution in [-0.4, -0.2) is 11.7 Å². The molecule has 14 heavy (non-hydrogen) atoms. The van der Waals surface area contributed by atoms with Crippen molar-refractivity contribution < 1.29 is 5.11 Å². The maximum absolute atomic E-state index is 9.00. The summed E-state index contributed by atoms with van der Waals surface area (Å²) >= 11 is 11.9. The first-order valence-electron chi connectivity index (χ1n) is 4.43. The number of hydrogen-bond acceptors (Lipinski definition) is 1. The van der Waals surface area contributed by atoms with Crippen LogP contribution in [0, 0.1) is 0 Å². The van der Waals surface area contributed by atoms with Crippen LogP contribution in [0.4, 0.5) is 0 Å². The molecule has 0 saturated heterocycles. The molecule has 0 heterocycles. The van der Waals surface area contributed by atoms with Gasteiger partial charge in [-0.2, -0.15) is 0 Å². The number of hydrogen-bond donors (Lipinski definition) is 1. The van der Waals surface area contributed by atoms with E-state index in [0.29, 0.717) is 10.0 Å². The standard InChI is InChI=1S/C11H12Cl2O/c1-2-8(7-14)6-9-4-3-5-10(12)11(9)13/h3-6,14H,2,7H2,1H3. The van der Waals surface area contributed by atoms with E-state index in [2.05, 4.69) is 0 Å². The van der Waals surface area contributed by atoms with E-state index in [1.165, 1.54) is 0 Å². The van der Waals surface area contributed by atoms with Crippen LogP contribution in [0.2, 0.25) is 10.0 Å². The van der Waals surface area contributed by atoms with Gasteiger partial charge < -0.3 is 5.11 Å². The number of aliphatic hydroxyl groups is 1. The number of benzene rings is 1. The van der Waals surface area contributed by atoms with E-state index in [0.717, 1.165) is 17.6 Å². The van der Waals surface area contributed by atoms with Crippen LogP contribution in [0.1, 0.15) is 18.9 Å². The van der Waals surface area contributed by atoms with E-state index in [4.69, 9.17) is 28.3 Å². The summed E-state index contributed by atoms with van der Waals surface area (Å²) in [5.41, 5.74) is 1.79. The molecule has 0 saturated carbocycles. The summed E-state index contributed by atoms with van der Waals surface area (Å²) in [6, 6.07) is 5.45. The molecule has 0 atom stereocenters. The van der Waals surface area contributed by atoms with E-state index in [1.807, 2.05) is 25.1 Å². The average molecular weight is 231 g/mol. The van der Waals surface area contributed by atoms with Crippen LogP contribution >= 0.6 is 23.2 Å². The Balaban J connectivity index is 3.07. The molecule has 0 fully saturated rings. The molecule has 0 aliphatic carbocycles. The lowest BCUT2D eigenvalue weighted by molar-refractivity contribution is 0.329. The molecular formula is C11H12Cl2O. The number of rotatable bonds is 3. The van der Waals surface area contributed by atoms with Crippen LogP contribution in [0.25, 0.3) is 6.08 Å². The highest BCUT2D eigenvalue weighted by Gasteiger charge is 2.02. The van der Waals surface area contributed by atoms with Crippen LogP contribution < -0.4 is 0 Å². The predicted octanol–water partition coefficient (Wildman–Crippen LogP) is 3.78. The minimum absolute atomic E-state index is 0.0549. The maximum atomic E-state index is 9.00. The molecule has 0 aliphatic rings. The minimum atomic E-state index is 0.0549. The Hall–Kier alpha value is -0.500. The maximum Gasteiger partial charge on any atom is 0.0664 e. The summed E-state index contributed by atoms with van der Waals surface area (Å²) in [6.07, 6.45) is 2.67. The summed E-state index contributed by atoms with van der Waals surface area (Å²) in [4.78, 5) is 0. The van der Waals surface area contributed by atoms with Crippen molar-refractivity contribution >= 4 is 29.3 Å². The summed E-state index contributed by atoms with van der Waals surface area (Å²) in [7, 11) is 0. The molecular weight excluding hydrogens is 219 g/mol. The number of halogens is 2. The van der Waals surface area contributed by atoms with Crippen molar-refractivity contribution in [2.75, 3.05) is 6.61 Å². The van der Waals surface area contributed by atoms with E-state index < -0.39 is 0 Å². The molecule has 0 radical (unpaired) electrons. The molecule has 1 N–H and O–H groups in total. The Labute approximate surface area is 94.0 Å². The van der Waals surface area contributed by atoms with Gasteiger partial charge in [-0.3, -0.25) is 0 Å². The molecule has 1 aromatic carbocycles. The topological polar surface area (TPSA) is 20.2 Å². The summed E-state index contributed by atoms with van der Waals surface area (Å²) in [5, 5.41) is 10.1. The molecule has 1 rings (SSSR count). The van der Waals surface area contributed by atoms with Gasteiger partial charge in [0.05, 0.1) is 16.7 Å². The van der Waals surface area contributed by atoms with Crippen molar-refractivity contribution in [1.82, 2.24) is 0 Å². The highest BCUT2D eigenvalue weighted by atomic mass is 35.5. The molecule has 0 aliphatic heterocycles. The fourth-order valence-corrected chi connectivity index (χ4v) is 1.47. The third-order valence-electron chi connectivity index (χ3n) is 2.00. The second kappa shape index (κ2) is 5.40. The zero-order valence-electron chi connectivity index (χ0n) is 7.93. The van der Waals surface area contributed by atoms with Crippen LogP contribution in [0.3, 0.4) is 0 Å². The zero-order valence-corrected chi connectivity index (χ0v) is 9.44. The molecule has 0 amide bonds. The van der Waals surface area contributed by atoms with Gasteiger partial charge in [0, 0.05) is 0 Å². The molecule has 76 valence electrons. The first-order chi connectivity index (χ1) is 6.69. The average Bonchev–Trinajstić information content (AvgIpc) is 2.20. The van der Waals surface area contributed by atoms with Gasteiger partial charge in [0.2, 0.25) is 0 Å². The lowest BCUT2D eigenvalue weighted by Crippen LogP contribution is -1.88. The molecule has 0 spiro atoms. The predicted molar refractivity (Wildman–Crippen MR) is 61.8 cm³/mol. The van der Waals surface area contributed by atoms with E-state index in [9.17, 15) is 0 Å². The van der Waals surface area contributed by atoms with Crippen molar-refractivity contribution in [3.05, 3.63) is 39.4 Å². The van der Waals surface area contributed by atoms with Crippen molar-refractivity contribution in [1.29, 1.82) is 0 Å². The second-order valence-electron chi connectivity index (χ2n) is 2.96. The van der Waals surface area contributed by atoms with Crippen LogP contribution in [0.5, 0.6) is 0 Å². The van der Waals surface area contributed by atoms with E-state index in [1.54, 1.807) is 6.07 Å². The van der Waals surface area contributed by atoms with Crippen LogP contribution in [0.15, 0.2) is 23.8 Å². The van der Waals surface area contributed by atoms with Crippen LogP contribution in [-0.2, 0) is 0 Å². The summed E-state index contributed by atoms with van der Waals surface area (Å²) in [5.74, 6) is 0. The molecule has 1 aromatic rings. The lowest BCUT2D eigenvalue weighted by Gasteiger charge is -2.03. The third kappa shape index (κ3) is 2.74. The smallest absolute Gasteiger partial charge is 0.0664 e. The molecule has 0 aromatic heterocycles. The van der Waals surface area contributed by atoms with Gasteiger partial charge in [-0.15, -0.1) is 0 Å². The summed E-state index contributed by atoms with van der Waals surface area (Å²) in [6.45, 7) is 2.04. The van der Waals surface area contributed by atoms with Gasteiger partial charge in [0.15, 0.2) is 0 Å². The van der Waals surface area contributed by atoms with Gasteiger partial charge in [0.1, 0.15) is 0 Å². The zero-order chi connectivity index (χ0) is 10.6. The Morgan fingerprint density at radius 2 is 2.14 bits per heavy atom. The van der Waals surface area contributed by atoms with Gasteiger partial charge in [-0.1, -0.05) is 48.3 Å². The van der Waals surface area contributed by atoms with Crippen molar-refractivity contribution in [3.63, 3.8) is 0 Å². The van der Waals surface area contributed by atoms with Gasteiger partial charge in [-0.25, -0.2) is 0 Å². The summed E-state index contributed by atoms with van der Waals surface area (Å²) < 4.78 is 0. The first-order valence-corrected chi connectivity index (χ1v) is 5.19. The monoisotopic (exact) mass is 230 g/mol. The lowest BCUT2D eigenvalue weighted by atomic mass is 10.1. The quantitative estimate of drug-likeness (QED) is 0.839. The van der Waals surface area contributed by atoms with Crippen molar-refractivity contribution in [2.45, 2.75) is 13.3 Å². The fourth-order valence-electron chi connectivity index (χ4n) is 1.11. The van der Waals surface area contributed by atoms with Crippen molar-refractivity contribution in [2.24, 2.45) is 0 Å². The van der Waals surface area contributed by atoms with Crippen molar-refractivity contribution in [3.8, 4) is 0 Å². The molecule has 1 nitrogen and oxygen atoms in total. The Bertz CT molecular complexity index is 339. The molecule has 3 heteroatoms. The first kappa shape index (κ1) is 11.6. The van der Waals surface area contributed by atoms with Gasteiger partial charge in [0.25, 0.3) is 0 Å². The Kier molecular flexibility index (Phi) is 4.46. The largest absolute Gasteiger partial charge is 0.392 e. The second-order valence-corrected chi connectivity index (χ2v) is 3.74. The highest BCUT2D eigenvalue weighted by molar-refractivity contribution is 6.42. The fraction of sp³-hybridized carbons (Fsp3) is 0.273.